The number of hydrogen-bond acceptors (Lipinski definition) is 3. The zero-order valence-corrected chi connectivity index (χ0v) is 12.5. The molecule has 1 unspecified atom stereocenters. The van der Waals surface area contributed by atoms with Crippen molar-refractivity contribution < 1.29 is 31.1 Å². The summed E-state index contributed by atoms with van der Waals surface area (Å²) < 4.78 is 74.0. The van der Waals surface area contributed by atoms with Crippen molar-refractivity contribution in [2.75, 3.05) is 12.3 Å². The fraction of sp³-hybridized carbons (Fsp3) is 0.455. The zero-order chi connectivity index (χ0) is 17.3. The highest BCUT2D eigenvalue weighted by Crippen LogP contribution is 2.35. The summed E-state index contributed by atoms with van der Waals surface area (Å²) in [5, 5.41) is 1.93. The molecule has 0 aromatic carbocycles. The number of nitrogens with one attached hydrogen (secondary N) is 1. The molecular weight excluding hydrogens is 384 g/mol. The van der Waals surface area contributed by atoms with Gasteiger partial charge in [-0.15, -0.1) is 0 Å². The van der Waals surface area contributed by atoms with Crippen molar-refractivity contribution >= 4 is 27.5 Å². The van der Waals surface area contributed by atoms with Crippen LogP contribution in [-0.2, 0) is 6.18 Å². The van der Waals surface area contributed by atoms with E-state index in [0.29, 0.717) is 6.07 Å². The molecule has 1 amide bonds. The molecule has 0 aliphatic carbocycles. The minimum atomic E-state index is -4.74. The number of aromatic nitrogens is 1. The third-order valence-electron chi connectivity index (χ3n) is 2.65. The van der Waals surface area contributed by atoms with Crippen molar-refractivity contribution in [1.82, 2.24) is 10.3 Å². The second-order valence-corrected chi connectivity index (χ2v) is 5.17. The quantitative estimate of drug-likeness (QED) is 0.610. The van der Waals surface area contributed by atoms with Crippen LogP contribution in [0.2, 0.25) is 0 Å². The minimum absolute atomic E-state index is 0.485. The normalized spacial score (nSPS) is 13.8. The van der Waals surface area contributed by atoms with Gasteiger partial charge in [-0.05, 0) is 22.0 Å². The number of alkyl halides is 6. The van der Waals surface area contributed by atoms with E-state index in [1.807, 2.05) is 5.32 Å². The average molecular weight is 394 g/mol. The van der Waals surface area contributed by atoms with Crippen molar-refractivity contribution in [3.63, 3.8) is 0 Å². The molecule has 1 heterocycles. The van der Waals surface area contributed by atoms with Crippen molar-refractivity contribution in [1.29, 1.82) is 0 Å². The Labute approximate surface area is 129 Å². The molecule has 0 saturated heterocycles. The number of nitrogen functional groups attached to an aromatic ring is 1. The molecule has 1 rings (SSSR count). The monoisotopic (exact) mass is 393 g/mol. The van der Waals surface area contributed by atoms with Gasteiger partial charge >= 0.3 is 12.4 Å². The maximum atomic E-state index is 12.6. The number of carbonyl (C=O) groups excluding carboxylic acids is 1. The van der Waals surface area contributed by atoms with Crippen molar-refractivity contribution in [2.24, 2.45) is 5.92 Å². The lowest BCUT2D eigenvalue weighted by Crippen LogP contribution is -2.35. The van der Waals surface area contributed by atoms with Crippen LogP contribution < -0.4 is 11.1 Å². The van der Waals surface area contributed by atoms with Gasteiger partial charge in [-0.2, -0.15) is 26.3 Å². The molecule has 3 N–H and O–H groups in total. The van der Waals surface area contributed by atoms with Gasteiger partial charge in [-0.3, -0.25) is 4.79 Å². The Morgan fingerprint density at radius 3 is 2.36 bits per heavy atom. The number of pyridine rings is 1. The number of nitrogens with two attached hydrogens (primary N) is 1. The number of rotatable bonds is 3. The van der Waals surface area contributed by atoms with Crippen LogP contribution in [0, 0.1) is 5.92 Å². The van der Waals surface area contributed by atoms with E-state index in [-0.39, 0.29) is 0 Å². The molecule has 0 fully saturated rings. The Hall–Kier alpha value is -1.52. The maximum absolute atomic E-state index is 12.6. The van der Waals surface area contributed by atoms with Crippen molar-refractivity contribution in [3.05, 3.63) is 21.9 Å². The molecule has 1 aromatic rings. The van der Waals surface area contributed by atoms with Gasteiger partial charge in [-0.25, -0.2) is 4.98 Å². The highest BCUT2D eigenvalue weighted by molar-refractivity contribution is 9.10. The summed E-state index contributed by atoms with van der Waals surface area (Å²) >= 11 is 2.55. The SMILES string of the molecule is CC(CNC(=O)c1nc(Br)c(C(F)(F)F)cc1N)C(F)(F)F. The Morgan fingerprint density at radius 2 is 1.91 bits per heavy atom. The molecule has 0 aliphatic heterocycles. The molecule has 124 valence electrons. The van der Waals surface area contributed by atoms with Gasteiger partial charge in [0.2, 0.25) is 0 Å². The number of amides is 1. The molecular formula is C11H10BrF6N3O. The second-order valence-electron chi connectivity index (χ2n) is 4.42. The van der Waals surface area contributed by atoms with Crippen LogP contribution in [0.4, 0.5) is 32.0 Å². The van der Waals surface area contributed by atoms with Crippen LogP contribution in [0.25, 0.3) is 0 Å². The van der Waals surface area contributed by atoms with Crippen LogP contribution in [-0.4, -0.2) is 23.6 Å². The number of halogens is 7. The Kier molecular flexibility index (Phi) is 5.31. The Bertz CT molecular complexity index is 572. The van der Waals surface area contributed by atoms with E-state index in [9.17, 15) is 31.1 Å². The summed E-state index contributed by atoms with van der Waals surface area (Å²) in [6.45, 7) is 0.0990. The summed E-state index contributed by atoms with van der Waals surface area (Å²) in [6.07, 6.45) is -9.24. The first kappa shape index (κ1) is 18.5. The van der Waals surface area contributed by atoms with Gasteiger partial charge in [0.15, 0.2) is 5.69 Å². The molecule has 0 bridgehead atoms. The molecule has 0 saturated carbocycles. The number of carbonyl (C=O) groups is 1. The van der Waals surface area contributed by atoms with Crippen LogP contribution in [0.5, 0.6) is 0 Å². The lowest BCUT2D eigenvalue weighted by atomic mass is 10.1. The van der Waals surface area contributed by atoms with E-state index >= 15 is 0 Å². The van der Waals surface area contributed by atoms with E-state index in [4.69, 9.17) is 5.73 Å². The summed E-state index contributed by atoms with van der Waals surface area (Å²) in [6, 6.07) is 0.485. The maximum Gasteiger partial charge on any atom is 0.419 e. The molecule has 4 nitrogen and oxygen atoms in total. The third kappa shape index (κ3) is 4.49. The molecule has 1 aromatic heterocycles. The van der Waals surface area contributed by atoms with Crippen LogP contribution in [0.3, 0.4) is 0 Å². The Balaban J connectivity index is 2.94. The van der Waals surface area contributed by atoms with Crippen LogP contribution in [0.15, 0.2) is 10.7 Å². The Morgan fingerprint density at radius 1 is 1.36 bits per heavy atom. The van der Waals surface area contributed by atoms with E-state index in [0.717, 1.165) is 6.92 Å². The first-order valence-electron chi connectivity index (χ1n) is 5.72. The highest BCUT2D eigenvalue weighted by atomic mass is 79.9. The molecule has 0 spiro atoms. The second kappa shape index (κ2) is 6.31. The van der Waals surface area contributed by atoms with E-state index in [1.165, 1.54) is 0 Å². The van der Waals surface area contributed by atoms with Crippen molar-refractivity contribution in [2.45, 2.75) is 19.3 Å². The third-order valence-corrected chi connectivity index (χ3v) is 3.26. The molecule has 0 radical (unpaired) electrons. The van der Waals surface area contributed by atoms with Crippen LogP contribution in [0.1, 0.15) is 23.0 Å². The molecule has 11 heteroatoms. The zero-order valence-electron chi connectivity index (χ0n) is 10.9. The standard InChI is InChI=1S/C11H10BrF6N3O/c1-4(10(13,14)15)3-20-9(22)7-6(19)2-5(8(12)21-7)11(16,17)18/h2,4H,3,19H2,1H3,(H,20,22). The number of hydrogen-bond donors (Lipinski definition) is 2. The average Bonchev–Trinajstić information content (AvgIpc) is 2.35. The largest absolute Gasteiger partial charge is 0.419 e. The number of anilines is 1. The first-order valence-corrected chi connectivity index (χ1v) is 6.51. The fourth-order valence-electron chi connectivity index (χ4n) is 1.33. The summed E-state index contributed by atoms with van der Waals surface area (Å²) in [7, 11) is 0. The molecule has 0 aliphatic rings. The fourth-order valence-corrected chi connectivity index (χ4v) is 1.85. The lowest BCUT2D eigenvalue weighted by molar-refractivity contribution is -0.167. The van der Waals surface area contributed by atoms with Gasteiger partial charge in [0.05, 0.1) is 17.2 Å². The topological polar surface area (TPSA) is 68.0 Å². The summed E-state index contributed by atoms with van der Waals surface area (Å²) in [5.74, 6) is -2.92. The first-order chi connectivity index (χ1) is 9.84. The van der Waals surface area contributed by atoms with Gasteiger partial charge < -0.3 is 11.1 Å². The highest BCUT2D eigenvalue weighted by Gasteiger charge is 2.37. The summed E-state index contributed by atoms with van der Waals surface area (Å²) in [5.41, 5.74) is 2.95. The van der Waals surface area contributed by atoms with Gasteiger partial charge in [0, 0.05) is 6.54 Å². The van der Waals surface area contributed by atoms with Crippen LogP contribution >= 0.6 is 15.9 Å². The van der Waals surface area contributed by atoms with E-state index in [1.54, 1.807) is 0 Å². The lowest BCUT2D eigenvalue weighted by Gasteiger charge is -2.16. The number of nitrogens with zero attached hydrogens (tertiary/aromatic N) is 1. The molecule has 22 heavy (non-hydrogen) atoms. The summed E-state index contributed by atoms with van der Waals surface area (Å²) in [4.78, 5) is 15.0. The smallest absolute Gasteiger partial charge is 0.397 e. The minimum Gasteiger partial charge on any atom is -0.397 e. The van der Waals surface area contributed by atoms with Gasteiger partial charge in [0.1, 0.15) is 4.60 Å². The van der Waals surface area contributed by atoms with E-state index in [2.05, 4.69) is 20.9 Å². The van der Waals surface area contributed by atoms with Gasteiger partial charge in [-0.1, -0.05) is 6.92 Å². The van der Waals surface area contributed by atoms with Gasteiger partial charge in [0.25, 0.3) is 5.91 Å². The van der Waals surface area contributed by atoms with Crippen molar-refractivity contribution in [3.8, 4) is 0 Å². The predicted molar refractivity (Wildman–Crippen MR) is 68.9 cm³/mol. The predicted octanol–water partition coefficient (Wildman–Crippen LogP) is 3.37. The molecule has 1 atom stereocenters. The van der Waals surface area contributed by atoms with E-state index < -0.39 is 52.3 Å².